The number of nitrogens with zero attached hydrogens (tertiary/aromatic N) is 2. The third-order valence-electron chi connectivity index (χ3n) is 3.69. The molecule has 1 aromatic heterocycles. The molecule has 1 saturated heterocycles. The molecular formula is C14H20N2O4. The zero-order chi connectivity index (χ0) is 14.7. The zero-order valence-electron chi connectivity index (χ0n) is 12.1. The predicted molar refractivity (Wildman–Crippen MR) is 71.3 cm³/mol. The van der Waals surface area contributed by atoms with Gasteiger partial charge in [-0.15, -0.1) is 0 Å². The molecule has 0 spiro atoms. The highest BCUT2D eigenvalue weighted by atomic mass is 16.5. The monoisotopic (exact) mass is 280 g/mol. The summed E-state index contributed by atoms with van der Waals surface area (Å²) in [5.41, 5.74) is 0.788. The van der Waals surface area contributed by atoms with E-state index in [0.717, 1.165) is 25.8 Å². The third-order valence-corrected chi connectivity index (χ3v) is 3.69. The maximum Gasteiger partial charge on any atom is 0.344 e. The van der Waals surface area contributed by atoms with Crippen molar-refractivity contribution in [2.24, 2.45) is 0 Å². The summed E-state index contributed by atoms with van der Waals surface area (Å²) in [6.45, 7) is 5.84. The molecular weight excluding hydrogens is 260 g/mol. The van der Waals surface area contributed by atoms with Gasteiger partial charge >= 0.3 is 5.97 Å². The molecule has 0 radical (unpaired) electrons. The molecule has 1 fully saturated rings. The van der Waals surface area contributed by atoms with Crippen molar-refractivity contribution in [3.63, 3.8) is 0 Å². The van der Waals surface area contributed by atoms with Gasteiger partial charge in [0.2, 0.25) is 0 Å². The molecule has 2 heterocycles. The molecule has 0 aromatic carbocycles. The Balaban J connectivity index is 1.92. The first-order chi connectivity index (χ1) is 9.50. The SMILES string of the molecule is Cc1noc(C)c1C(=O)OCC(=O)N1CCCCC1C. The number of piperidine rings is 1. The Morgan fingerprint density at radius 1 is 1.40 bits per heavy atom. The summed E-state index contributed by atoms with van der Waals surface area (Å²) >= 11 is 0. The first-order valence-electron chi connectivity index (χ1n) is 6.90. The van der Waals surface area contributed by atoms with E-state index in [2.05, 4.69) is 5.16 Å². The van der Waals surface area contributed by atoms with Crippen LogP contribution in [0.15, 0.2) is 4.52 Å². The minimum absolute atomic E-state index is 0.141. The number of aryl methyl sites for hydroxylation is 2. The van der Waals surface area contributed by atoms with Gasteiger partial charge in [0.1, 0.15) is 11.3 Å². The second-order valence-electron chi connectivity index (χ2n) is 5.21. The van der Waals surface area contributed by atoms with E-state index in [4.69, 9.17) is 9.26 Å². The maximum absolute atomic E-state index is 12.1. The van der Waals surface area contributed by atoms with Crippen molar-refractivity contribution in [1.82, 2.24) is 10.1 Å². The molecule has 1 atom stereocenters. The summed E-state index contributed by atoms with van der Waals surface area (Å²) < 4.78 is 9.99. The molecule has 6 nitrogen and oxygen atoms in total. The van der Waals surface area contributed by atoms with Gasteiger partial charge in [0.05, 0.1) is 5.69 Å². The quantitative estimate of drug-likeness (QED) is 0.790. The van der Waals surface area contributed by atoms with E-state index >= 15 is 0 Å². The Hall–Kier alpha value is -1.85. The summed E-state index contributed by atoms with van der Waals surface area (Å²) in [5.74, 6) is -0.289. The summed E-state index contributed by atoms with van der Waals surface area (Å²) in [6, 6.07) is 0.217. The van der Waals surface area contributed by atoms with Crippen molar-refractivity contribution in [2.45, 2.75) is 46.1 Å². The van der Waals surface area contributed by atoms with Crippen LogP contribution in [-0.4, -0.2) is 41.1 Å². The Morgan fingerprint density at radius 3 is 2.75 bits per heavy atom. The highest BCUT2D eigenvalue weighted by molar-refractivity contribution is 5.93. The van der Waals surface area contributed by atoms with Crippen LogP contribution in [0.4, 0.5) is 0 Å². The van der Waals surface area contributed by atoms with E-state index in [0.29, 0.717) is 17.0 Å². The summed E-state index contributed by atoms with van der Waals surface area (Å²) in [7, 11) is 0. The maximum atomic E-state index is 12.1. The Bertz CT molecular complexity index is 490. The van der Waals surface area contributed by atoms with Gasteiger partial charge in [-0.2, -0.15) is 0 Å². The smallest absolute Gasteiger partial charge is 0.344 e. The lowest BCUT2D eigenvalue weighted by Gasteiger charge is -2.33. The molecule has 1 aliphatic rings. The van der Waals surface area contributed by atoms with Gasteiger partial charge in [0, 0.05) is 12.6 Å². The molecule has 6 heteroatoms. The second-order valence-corrected chi connectivity index (χ2v) is 5.21. The average molecular weight is 280 g/mol. The van der Waals surface area contributed by atoms with Crippen LogP contribution in [0.5, 0.6) is 0 Å². The number of hydrogen-bond acceptors (Lipinski definition) is 5. The van der Waals surface area contributed by atoms with Crippen molar-refractivity contribution >= 4 is 11.9 Å². The van der Waals surface area contributed by atoms with Crippen molar-refractivity contribution in [3.05, 3.63) is 17.0 Å². The number of likely N-dealkylation sites (tertiary alicyclic amines) is 1. The van der Waals surface area contributed by atoms with Crippen LogP contribution in [0.2, 0.25) is 0 Å². The summed E-state index contributed by atoms with van der Waals surface area (Å²) in [5, 5.41) is 3.70. The van der Waals surface area contributed by atoms with Crippen molar-refractivity contribution in [1.29, 1.82) is 0 Å². The van der Waals surface area contributed by atoms with Gasteiger partial charge in [-0.1, -0.05) is 5.16 Å². The van der Waals surface area contributed by atoms with Crippen LogP contribution in [0, 0.1) is 13.8 Å². The fraction of sp³-hybridized carbons (Fsp3) is 0.643. The van der Waals surface area contributed by atoms with E-state index in [1.165, 1.54) is 0 Å². The van der Waals surface area contributed by atoms with Crippen molar-refractivity contribution in [3.8, 4) is 0 Å². The van der Waals surface area contributed by atoms with E-state index < -0.39 is 5.97 Å². The minimum atomic E-state index is -0.556. The number of esters is 1. The lowest BCUT2D eigenvalue weighted by molar-refractivity contribution is -0.137. The van der Waals surface area contributed by atoms with Gasteiger partial charge in [-0.05, 0) is 40.0 Å². The van der Waals surface area contributed by atoms with E-state index in [-0.39, 0.29) is 18.6 Å². The standard InChI is InChI=1S/C14H20N2O4/c1-9-6-4-5-7-16(9)12(17)8-19-14(18)13-10(2)15-20-11(13)3/h9H,4-8H2,1-3H3. The molecule has 1 aromatic rings. The number of ether oxygens (including phenoxy) is 1. The third kappa shape index (κ3) is 3.00. The van der Waals surface area contributed by atoms with Gasteiger partial charge in [0.15, 0.2) is 6.61 Å². The van der Waals surface area contributed by atoms with Crippen LogP contribution in [0.25, 0.3) is 0 Å². The molecule has 0 aliphatic carbocycles. The topological polar surface area (TPSA) is 72.6 Å². The van der Waals surface area contributed by atoms with Crippen LogP contribution in [-0.2, 0) is 9.53 Å². The predicted octanol–water partition coefficient (Wildman–Crippen LogP) is 1.85. The van der Waals surface area contributed by atoms with E-state index in [1.54, 1.807) is 18.7 Å². The van der Waals surface area contributed by atoms with Gasteiger partial charge in [0.25, 0.3) is 5.91 Å². The zero-order valence-corrected chi connectivity index (χ0v) is 12.1. The van der Waals surface area contributed by atoms with Crippen LogP contribution in [0.1, 0.15) is 48.0 Å². The fourth-order valence-corrected chi connectivity index (χ4v) is 2.53. The number of hydrogen-bond donors (Lipinski definition) is 0. The second kappa shape index (κ2) is 6.07. The largest absolute Gasteiger partial charge is 0.452 e. The first-order valence-corrected chi connectivity index (χ1v) is 6.90. The lowest BCUT2D eigenvalue weighted by atomic mass is 10.0. The molecule has 1 aliphatic heterocycles. The van der Waals surface area contributed by atoms with E-state index in [1.807, 2.05) is 6.92 Å². The van der Waals surface area contributed by atoms with Gasteiger partial charge in [-0.25, -0.2) is 4.79 Å². The van der Waals surface area contributed by atoms with Gasteiger partial charge in [-0.3, -0.25) is 4.79 Å². The number of rotatable bonds is 3. The molecule has 20 heavy (non-hydrogen) atoms. The summed E-state index contributed by atoms with van der Waals surface area (Å²) in [6.07, 6.45) is 3.15. The minimum Gasteiger partial charge on any atom is -0.452 e. The average Bonchev–Trinajstić information content (AvgIpc) is 2.76. The fourth-order valence-electron chi connectivity index (χ4n) is 2.53. The molecule has 110 valence electrons. The highest BCUT2D eigenvalue weighted by Gasteiger charge is 2.25. The molecule has 0 bridgehead atoms. The van der Waals surface area contributed by atoms with Crippen molar-refractivity contribution < 1.29 is 18.8 Å². The molecule has 1 amide bonds. The Labute approximate surface area is 118 Å². The van der Waals surface area contributed by atoms with Crippen molar-refractivity contribution in [2.75, 3.05) is 13.2 Å². The molecule has 0 saturated carbocycles. The number of carbonyl (C=O) groups is 2. The Kier molecular flexibility index (Phi) is 4.42. The van der Waals surface area contributed by atoms with Crippen LogP contribution in [0.3, 0.4) is 0 Å². The lowest BCUT2D eigenvalue weighted by Crippen LogP contribution is -2.44. The first kappa shape index (κ1) is 14.6. The Morgan fingerprint density at radius 2 is 2.15 bits per heavy atom. The normalized spacial score (nSPS) is 18.9. The van der Waals surface area contributed by atoms with Crippen LogP contribution < -0.4 is 0 Å². The molecule has 1 unspecified atom stereocenters. The summed E-state index contributed by atoms with van der Waals surface area (Å²) in [4.78, 5) is 25.8. The number of aromatic nitrogens is 1. The molecule has 2 rings (SSSR count). The highest BCUT2D eigenvalue weighted by Crippen LogP contribution is 2.17. The number of amides is 1. The van der Waals surface area contributed by atoms with Gasteiger partial charge < -0.3 is 14.2 Å². The van der Waals surface area contributed by atoms with E-state index in [9.17, 15) is 9.59 Å². The van der Waals surface area contributed by atoms with Crippen LogP contribution >= 0.6 is 0 Å². The molecule has 0 N–H and O–H groups in total. The number of carbonyl (C=O) groups excluding carboxylic acids is 2.